The minimum absolute atomic E-state index is 0.375. The second-order valence-corrected chi connectivity index (χ2v) is 5.63. The van der Waals surface area contributed by atoms with Crippen molar-refractivity contribution < 1.29 is 0 Å². The summed E-state index contributed by atoms with van der Waals surface area (Å²) >= 11 is 1.87. The first-order valence-corrected chi connectivity index (χ1v) is 6.13. The van der Waals surface area contributed by atoms with Crippen LogP contribution in [0.25, 0.3) is 0 Å². The van der Waals surface area contributed by atoms with Crippen LogP contribution < -0.4 is 5.32 Å². The Bertz CT molecular complexity index is 253. The summed E-state index contributed by atoms with van der Waals surface area (Å²) in [6.45, 7) is 8.08. The van der Waals surface area contributed by atoms with Crippen LogP contribution in [-0.4, -0.2) is 13.6 Å². The summed E-state index contributed by atoms with van der Waals surface area (Å²) < 4.78 is 0. The van der Waals surface area contributed by atoms with Crippen LogP contribution in [0.15, 0.2) is 17.5 Å². The van der Waals surface area contributed by atoms with Gasteiger partial charge in [-0.15, -0.1) is 11.3 Å². The van der Waals surface area contributed by atoms with Crippen LogP contribution in [0.3, 0.4) is 0 Å². The molecule has 0 bridgehead atoms. The van der Waals surface area contributed by atoms with Crippen molar-refractivity contribution in [2.75, 3.05) is 13.6 Å². The number of nitrogens with one attached hydrogen (secondary N) is 1. The summed E-state index contributed by atoms with van der Waals surface area (Å²) in [4.78, 5) is 1.50. The van der Waals surface area contributed by atoms with Crippen molar-refractivity contribution in [3.05, 3.63) is 22.4 Å². The molecule has 0 saturated carbocycles. The molecule has 14 heavy (non-hydrogen) atoms. The van der Waals surface area contributed by atoms with Crippen molar-refractivity contribution in [3.8, 4) is 0 Å². The minimum Gasteiger partial charge on any atom is -0.319 e. The van der Waals surface area contributed by atoms with Gasteiger partial charge in [-0.25, -0.2) is 0 Å². The van der Waals surface area contributed by atoms with Crippen LogP contribution in [0, 0.1) is 11.3 Å². The lowest BCUT2D eigenvalue weighted by molar-refractivity contribution is 0.214. The largest absolute Gasteiger partial charge is 0.319 e. The van der Waals surface area contributed by atoms with Gasteiger partial charge in [-0.1, -0.05) is 26.8 Å². The van der Waals surface area contributed by atoms with Gasteiger partial charge in [0, 0.05) is 11.4 Å². The summed E-state index contributed by atoms with van der Waals surface area (Å²) in [6.07, 6.45) is 1.18. The molecular weight excluding hydrogens is 190 g/mol. The highest BCUT2D eigenvalue weighted by atomic mass is 32.1. The lowest BCUT2D eigenvalue weighted by Crippen LogP contribution is -2.36. The van der Waals surface area contributed by atoms with Crippen molar-refractivity contribution >= 4 is 11.3 Å². The Labute approximate surface area is 91.5 Å². The molecule has 1 atom stereocenters. The topological polar surface area (TPSA) is 12.0 Å². The van der Waals surface area contributed by atoms with E-state index in [9.17, 15) is 0 Å². The van der Waals surface area contributed by atoms with Gasteiger partial charge in [-0.2, -0.15) is 0 Å². The van der Waals surface area contributed by atoms with Crippen LogP contribution in [0.2, 0.25) is 0 Å². The van der Waals surface area contributed by atoms with E-state index in [1.807, 2.05) is 18.4 Å². The number of thiophene rings is 1. The smallest absolute Gasteiger partial charge is 0.00512 e. The fourth-order valence-corrected chi connectivity index (χ4v) is 2.59. The average molecular weight is 211 g/mol. The highest BCUT2D eigenvalue weighted by molar-refractivity contribution is 7.09. The molecule has 1 aromatic rings. The molecule has 0 aromatic carbocycles. The van der Waals surface area contributed by atoms with Crippen molar-refractivity contribution in [1.82, 2.24) is 5.32 Å². The van der Waals surface area contributed by atoms with Crippen LogP contribution in [0.5, 0.6) is 0 Å². The third kappa shape index (κ3) is 2.82. The van der Waals surface area contributed by atoms with E-state index in [1.165, 1.54) is 11.3 Å². The highest BCUT2D eigenvalue weighted by Crippen LogP contribution is 2.31. The summed E-state index contributed by atoms with van der Waals surface area (Å²) in [6, 6.07) is 4.38. The van der Waals surface area contributed by atoms with Gasteiger partial charge in [-0.3, -0.25) is 0 Å². The van der Waals surface area contributed by atoms with Crippen LogP contribution in [0.4, 0.5) is 0 Å². The molecule has 0 aliphatic rings. The number of rotatable bonds is 5. The van der Waals surface area contributed by atoms with Crippen molar-refractivity contribution in [3.63, 3.8) is 0 Å². The molecule has 0 amide bonds. The third-order valence-corrected chi connectivity index (χ3v) is 4.01. The fourth-order valence-electron chi connectivity index (χ4n) is 1.69. The van der Waals surface area contributed by atoms with E-state index in [0.717, 1.165) is 6.54 Å². The Morgan fingerprint density at radius 1 is 1.50 bits per heavy atom. The molecular formula is C12H21NS. The standard InChI is InChI=1S/C12H21NS/c1-10(2)12(3,9-13-4)8-11-6-5-7-14-11/h5-7,10,13H,8-9H2,1-4H3. The average Bonchev–Trinajstić information content (AvgIpc) is 2.56. The van der Waals surface area contributed by atoms with E-state index >= 15 is 0 Å². The van der Waals surface area contributed by atoms with E-state index in [1.54, 1.807) is 0 Å². The fraction of sp³-hybridized carbons (Fsp3) is 0.667. The minimum atomic E-state index is 0.375. The lowest BCUT2D eigenvalue weighted by atomic mass is 9.76. The van der Waals surface area contributed by atoms with E-state index in [0.29, 0.717) is 11.3 Å². The molecule has 0 aliphatic carbocycles. The second kappa shape index (κ2) is 4.94. The summed E-state index contributed by atoms with van der Waals surface area (Å²) in [5, 5.41) is 5.47. The first-order valence-electron chi connectivity index (χ1n) is 5.25. The zero-order valence-corrected chi connectivity index (χ0v) is 10.4. The van der Waals surface area contributed by atoms with Crippen LogP contribution >= 0.6 is 11.3 Å². The molecule has 1 unspecified atom stereocenters. The second-order valence-electron chi connectivity index (χ2n) is 4.60. The first-order chi connectivity index (χ1) is 6.58. The Balaban J connectivity index is 2.69. The summed E-state index contributed by atoms with van der Waals surface area (Å²) in [5.74, 6) is 0.706. The van der Waals surface area contributed by atoms with E-state index in [-0.39, 0.29) is 0 Å². The van der Waals surface area contributed by atoms with Crippen LogP contribution in [0.1, 0.15) is 25.6 Å². The molecule has 1 nitrogen and oxygen atoms in total. The monoisotopic (exact) mass is 211 g/mol. The van der Waals surface area contributed by atoms with Gasteiger partial charge in [0.2, 0.25) is 0 Å². The molecule has 0 spiro atoms. The molecule has 2 heteroatoms. The molecule has 1 heterocycles. The Morgan fingerprint density at radius 2 is 2.21 bits per heavy atom. The number of hydrogen-bond acceptors (Lipinski definition) is 2. The van der Waals surface area contributed by atoms with Crippen LogP contribution in [-0.2, 0) is 6.42 Å². The van der Waals surface area contributed by atoms with E-state index < -0.39 is 0 Å². The maximum absolute atomic E-state index is 3.31. The molecule has 1 aromatic heterocycles. The molecule has 80 valence electrons. The Kier molecular flexibility index (Phi) is 4.14. The summed E-state index contributed by atoms with van der Waals surface area (Å²) in [7, 11) is 2.04. The molecule has 1 N–H and O–H groups in total. The SMILES string of the molecule is CNCC(C)(Cc1cccs1)C(C)C. The van der Waals surface area contributed by atoms with Gasteiger partial charge < -0.3 is 5.32 Å². The Morgan fingerprint density at radius 3 is 2.64 bits per heavy atom. The van der Waals surface area contributed by atoms with Gasteiger partial charge in [0.1, 0.15) is 0 Å². The van der Waals surface area contributed by atoms with Crippen molar-refractivity contribution in [1.29, 1.82) is 0 Å². The van der Waals surface area contributed by atoms with E-state index in [2.05, 4.69) is 43.6 Å². The van der Waals surface area contributed by atoms with Gasteiger partial charge >= 0.3 is 0 Å². The van der Waals surface area contributed by atoms with Gasteiger partial charge in [0.25, 0.3) is 0 Å². The lowest BCUT2D eigenvalue weighted by Gasteiger charge is -2.33. The Hall–Kier alpha value is -0.340. The summed E-state index contributed by atoms with van der Waals surface area (Å²) in [5.41, 5.74) is 0.375. The quantitative estimate of drug-likeness (QED) is 0.789. The van der Waals surface area contributed by atoms with E-state index in [4.69, 9.17) is 0 Å². The zero-order valence-electron chi connectivity index (χ0n) is 9.63. The molecule has 0 radical (unpaired) electrons. The molecule has 0 fully saturated rings. The normalized spacial score (nSPS) is 15.8. The maximum atomic E-state index is 3.31. The predicted octanol–water partition coefficient (Wildman–Crippen LogP) is 3.17. The molecule has 0 saturated heterocycles. The van der Waals surface area contributed by atoms with Gasteiger partial charge in [0.15, 0.2) is 0 Å². The van der Waals surface area contributed by atoms with Crippen molar-refractivity contribution in [2.45, 2.75) is 27.2 Å². The third-order valence-electron chi connectivity index (χ3n) is 3.13. The predicted molar refractivity (Wildman–Crippen MR) is 64.9 cm³/mol. The first kappa shape index (κ1) is 11.7. The highest BCUT2D eigenvalue weighted by Gasteiger charge is 2.28. The molecule has 1 rings (SSSR count). The maximum Gasteiger partial charge on any atom is 0.00512 e. The zero-order chi connectivity index (χ0) is 10.6. The molecule has 0 aliphatic heterocycles. The number of hydrogen-bond donors (Lipinski definition) is 1. The van der Waals surface area contributed by atoms with Crippen molar-refractivity contribution in [2.24, 2.45) is 11.3 Å². The van der Waals surface area contributed by atoms with Gasteiger partial charge in [-0.05, 0) is 36.2 Å². The van der Waals surface area contributed by atoms with Gasteiger partial charge in [0.05, 0.1) is 0 Å².